The first-order valence-electron chi connectivity index (χ1n) is 11.6. The number of aromatic nitrogens is 1. The second-order valence-electron chi connectivity index (χ2n) is 9.72. The van der Waals surface area contributed by atoms with Crippen LogP contribution in [0.5, 0.6) is 11.5 Å². The van der Waals surface area contributed by atoms with Gasteiger partial charge in [-0.2, -0.15) is 5.10 Å². The summed E-state index contributed by atoms with van der Waals surface area (Å²) in [6.45, 7) is 6.33. The molecule has 1 aromatic carbocycles. The maximum atomic E-state index is 13.6. The fourth-order valence-corrected chi connectivity index (χ4v) is 4.13. The topological polar surface area (TPSA) is 97.6 Å². The Morgan fingerprint density at radius 1 is 1.23 bits per heavy atom. The average Bonchev–Trinajstić information content (AvgIpc) is 3.53. The number of hydrogen-bond donors (Lipinski definition) is 1. The molecule has 2 aliphatic heterocycles. The minimum absolute atomic E-state index is 0.129. The highest BCUT2D eigenvalue weighted by Crippen LogP contribution is 2.39. The molecule has 0 fully saturated rings. The summed E-state index contributed by atoms with van der Waals surface area (Å²) in [7, 11) is 3.51. The van der Waals surface area contributed by atoms with Crippen molar-refractivity contribution in [1.29, 1.82) is 0 Å². The van der Waals surface area contributed by atoms with Gasteiger partial charge in [-0.15, -0.1) is 0 Å². The van der Waals surface area contributed by atoms with E-state index in [0.717, 1.165) is 17.0 Å². The molecule has 2 aliphatic rings. The summed E-state index contributed by atoms with van der Waals surface area (Å²) < 4.78 is 18.1. The zero-order chi connectivity index (χ0) is 25.2. The van der Waals surface area contributed by atoms with Crippen molar-refractivity contribution in [2.45, 2.75) is 38.8 Å². The van der Waals surface area contributed by atoms with E-state index in [2.05, 4.69) is 5.32 Å². The molecule has 0 saturated carbocycles. The lowest BCUT2D eigenvalue weighted by Gasteiger charge is -2.30. The number of methoxy groups -OCH3 is 1. The number of hydrogen-bond acceptors (Lipinski definition) is 6. The van der Waals surface area contributed by atoms with E-state index in [1.807, 2.05) is 68.9 Å². The van der Waals surface area contributed by atoms with Crippen LogP contribution in [0, 0.1) is 0 Å². The van der Waals surface area contributed by atoms with E-state index < -0.39 is 5.54 Å². The zero-order valence-corrected chi connectivity index (χ0v) is 20.9. The van der Waals surface area contributed by atoms with E-state index in [1.165, 1.54) is 9.91 Å². The van der Waals surface area contributed by atoms with Crippen LogP contribution in [0.2, 0.25) is 0 Å². The summed E-state index contributed by atoms with van der Waals surface area (Å²) in [6.07, 6.45) is 2.48. The minimum atomic E-state index is -0.439. The van der Waals surface area contributed by atoms with Crippen LogP contribution in [0.3, 0.4) is 0 Å². The molecular weight excluding hydrogens is 450 g/mol. The van der Waals surface area contributed by atoms with Gasteiger partial charge in [0, 0.05) is 38.9 Å². The Hall–Kier alpha value is -3.53. The van der Waals surface area contributed by atoms with Gasteiger partial charge in [0.05, 0.1) is 24.1 Å². The van der Waals surface area contributed by atoms with Crippen molar-refractivity contribution in [2.75, 3.05) is 33.6 Å². The lowest BCUT2D eigenvalue weighted by atomic mass is 10.00. The molecule has 35 heavy (non-hydrogen) atoms. The fourth-order valence-electron chi connectivity index (χ4n) is 4.13. The first-order chi connectivity index (χ1) is 16.7. The molecule has 10 nitrogen and oxygen atoms in total. The summed E-state index contributed by atoms with van der Waals surface area (Å²) in [5.41, 5.74) is 2.19. The number of nitrogens with one attached hydrogen (secondary N) is 1. The highest BCUT2D eigenvalue weighted by atomic mass is 16.7. The monoisotopic (exact) mass is 483 g/mol. The number of aryl methyl sites for hydroxylation is 1. The van der Waals surface area contributed by atoms with E-state index in [1.54, 1.807) is 7.11 Å². The number of urea groups is 1. The molecule has 4 rings (SSSR count). The van der Waals surface area contributed by atoms with Gasteiger partial charge < -0.3 is 29.0 Å². The molecule has 1 atom stereocenters. The molecular formula is C25H33N5O5. The van der Waals surface area contributed by atoms with Crippen LogP contribution < -0.4 is 14.8 Å². The van der Waals surface area contributed by atoms with Crippen LogP contribution in [0.15, 0.2) is 41.6 Å². The van der Waals surface area contributed by atoms with Crippen LogP contribution in [-0.2, 0) is 16.6 Å². The number of ether oxygens (including phenoxy) is 3. The fraction of sp³-hybridized carbons (Fsp3) is 0.480. The number of benzene rings is 1. The number of hydrazone groups is 1. The Balaban J connectivity index is 1.61. The van der Waals surface area contributed by atoms with Crippen LogP contribution in [-0.4, -0.2) is 71.3 Å². The third kappa shape index (κ3) is 5.59. The molecule has 2 aromatic rings. The first kappa shape index (κ1) is 24.6. The summed E-state index contributed by atoms with van der Waals surface area (Å²) >= 11 is 0. The van der Waals surface area contributed by atoms with E-state index >= 15 is 0 Å². The predicted octanol–water partition coefficient (Wildman–Crippen LogP) is 2.89. The predicted molar refractivity (Wildman–Crippen MR) is 130 cm³/mol. The molecule has 188 valence electrons. The van der Waals surface area contributed by atoms with Gasteiger partial charge in [0.15, 0.2) is 11.5 Å². The normalized spacial score (nSPS) is 16.9. The van der Waals surface area contributed by atoms with Gasteiger partial charge in [-0.1, -0.05) is 6.07 Å². The van der Waals surface area contributed by atoms with Crippen LogP contribution in [0.1, 0.15) is 44.5 Å². The molecule has 10 heteroatoms. The highest BCUT2D eigenvalue weighted by molar-refractivity contribution is 6.02. The summed E-state index contributed by atoms with van der Waals surface area (Å²) in [6, 6.07) is 8.93. The minimum Gasteiger partial charge on any atom is -0.454 e. The highest BCUT2D eigenvalue weighted by Gasteiger charge is 2.36. The number of amides is 3. The Bertz CT molecular complexity index is 1120. The standard InChI is InChI=1S/C25H33N5O5/c1-25(2,3)26-24(32)29(11-12-33-5)15-23(31)30-20(14-18(27-30)19-7-6-10-28(19)4)17-8-9-21-22(13-17)35-16-34-21/h6-10,13,20H,11-12,14-16H2,1-5H3,(H,26,32)/t20-/m0/s1. The molecule has 0 bridgehead atoms. The number of carbonyl (C=O) groups is 2. The Kier molecular flexibility index (Phi) is 7.02. The van der Waals surface area contributed by atoms with Crippen molar-refractivity contribution >= 4 is 17.6 Å². The van der Waals surface area contributed by atoms with Gasteiger partial charge in [0.1, 0.15) is 6.54 Å². The van der Waals surface area contributed by atoms with Gasteiger partial charge in [0.25, 0.3) is 5.91 Å². The second kappa shape index (κ2) is 9.99. The quantitative estimate of drug-likeness (QED) is 0.653. The number of rotatable bonds is 7. The Morgan fingerprint density at radius 3 is 2.69 bits per heavy atom. The lowest BCUT2D eigenvalue weighted by Crippen LogP contribution is -2.52. The van der Waals surface area contributed by atoms with Gasteiger partial charge >= 0.3 is 6.03 Å². The SMILES string of the molecule is COCCN(CC(=O)N1N=C(c2cccn2C)C[C@H]1c1ccc2c(c1)OCO2)C(=O)NC(C)(C)C. The van der Waals surface area contributed by atoms with Crippen LogP contribution >= 0.6 is 0 Å². The van der Waals surface area contributed by atoms with Crippen molar-refractivity contribution in [3.8, 4) is 11.5 Å². The van der Waals surface area contributed by atoms with Crippen molar-refractivity contribution in [1.82, 2.24) is 19.8 Å². The Labute approximate surface area is 205 Å². The van der Waals surface area contributed by atoms with E-state index in [0.29, 0.717) is 24.5 Å². The molecule has 0 radical (unpaired) electrons. The average molecular weight is 484 g/mol. The van der Waals surface area contributed by atoms with Crippen molar-refractivity contribution < 1.29 is 23.8 Å². The molecule has 0 unspecified atom stereocenters. The third-order valence-corrected chi connectivity index (χ3v) is 5.85. The molecule has 1 aromatic heterocycles. The first-order valence-corrected chi connectivity index (χ1v) is 11.6. The summed E-state index contributed by atoms with van der Waals surface area (Å²) in [4.78, 5) is 28.0. The molecule has 3 amide bonds. The van der Waals surface area contributed by atoms with Gasteiger partial charge in [0.2, 0.25) is 6.79 Å². The number of carbonyl (C=O) groups excluding carboxylic acids is 2. The maximum Gasteiger partial charge on any atom is 0.318 e. The van der Waals surface area contributed by atoms with Crippen molar-refractivity contribution in [2.24, 2.45) is 12.1 Å². The smallest absolute Gasteiger partial charge is 0.318 e. The molecule has 0 spiro atoms. The van der Waals surface area contributed by atoms with Crippen molar-refractivity contribution in [3.05, 3.63) is 47.8 Å². The van der Waals surface area contributed by atoms with Crippen LogP contribution in [0.4, 0.5) is 4.79 Å². The molecule has 0 aliphatic carbocycles. The van der Waals surface area contributed by atoms with Gasteiger partial charge in [-0.25, -0.2) is 9.80 Å². The second-order valence-corrected chi connectivity index (χ2v) is 9.72. The maximum absolute atomic E-state index is 13.6. The van der Waals surface area contributed by atoms with E-state index in [4.69, 9.17) is 19.3 Å². The molecule has 1 N–H and O–H groups in total. The van der Waals surface area contributed by atoms with Gasteiger partial charge in [-0.3, -0.25) is 4.79 Å². The summed E-state index contributed by atoms with van der Waals surface area (Å²) in [5, 5.41) is 9.14. The van der Waals surface area contributed by atoms with E-state index in [9.17, 15) is 9.59 Å². The molecule has 3 heterocycles. The zero-order valence-electron chi connectivity index (χ0n) is 20.9. The summed E-state index contributed by atoms with van der Waals surface area (Å²) in [5.74, 6) is 1.04. The number of fused-ring (bicyclic) bond motifs is 1. The largest absolute Gasteiger partial charge is 0.454 e. The van der Waals surface area contributed by atoms with Gasteiger partial charge in [-0.05, 0) is 50.6 Å². The van der Waals surface area contributed by atoms with Crippen molar-refractivity contribution in [3.63, 3.8) is 0 Å². The van der Waals surface area contributed by atoms with E-state index in [-0.39, 0.29) is 37.9 Å². The molecule has 0 saturated heterocycles. The third-order valence-electron chi connectivity index (χ3n) is 5.85. The Morgan fingerprint density at radius 2 is 2.00 bits per heavy atom. The lowest BCUT2D eigenvalue weighted by molar-refractivity contribution is -0.133. The van der Waals surface area contributed by atoms with Crippen LogP contribution in [0.25, 0.3) is 0 Å². The number of nitrogens with zero attached hydrogens (tertiary/aromatic N) is 4.